The van der Waals surface area contributed by atoms with Gasteiger partial charge in [0.1, 0.15) is 0 Å². The van der Waals surface area contributed by atoms with Gasteiger partial charge >= 0.3 is 0 Å². The minimum absolute atomic E-state index is 0.672. The Bertz CT molecular complexity index is 452. The van der Waals surface area contributed by atoms with Gasteiger partial charge in [0.25, 0.3) is 0 Å². The van der Waals surface area contributed by atoms with Gasteiger partial charge in [-0.3, -0.25) is 0 Å². The summed E-state index contributed by atoms with van der Waals surface area (Å²) in [5, 5.41) is 1.12. The molecule has 0 aliphatic heterocycles. The number of alkyl halides is 1. The summed E-state index contributed by atoms with van der Waals surface area (Å²) in [4.78, 5) is 10.6. The van der Waals surface area contributed by atoms with Crippen molar-refractivity contribution < 1.29 is 0 Å². The number of imidazole rings is 2. The summed E-state index contributed by atoms with van der Waals surface area (Å²) in [6.45, 7) is 9.75. The summed E-state index contributed by atoms with van der Waals surface area (Å²) in [6.07, 6.45) is 7.21. The Morgan fingerprint density at radius 3 is 1.95 bits per heavy atom. The van der Waals surface area contributed by atoms with Crippen LogP contribution in [0, 0.1) is 11.8 Å². The van der Waals surface area contributed by atoms with Crippen LogP contribution in [0.5, 0.6) is 0 Å². The maximum absolute atomic E-state index is 4.05. The van der Waals surface area contributed by atoms with Gasteiger partial charge in [-0.2, -0.15) is 0 Å². The van der Waals surface area contributed by atoms with Crippen molar-refractivity contribution in [2.75, 3.05) is 5.33 Å². The Labute approximate surface area is 152 Å². The minimum Gasteiger partial charge on any atom is -0.339 e. The van der Waals surface area contributed by atoms with Crippen LogP contribution in [-0.4, -0.2) is 24.8 Å². The van der Waals surface area contributed by atoms with Crippen LogP contribution in [0.25, 0.3) is 0 Å². The molecule has 0 radical (unpaired) electrons. The van der Waals surface area contributed by atoms with Gasteiger partial charge in [-0.05, 0) is 43.7 Å². The van der Waals surface area contributed by atoms with E-state index < -0.39 is 0 Å². The summed E-state index contributed by atoms with van der Waals surface area (Å²) < 4.78 is 3.79. The molecule has 0 aromatic carbocycles. The molecule has 21 heavy (non-hydrogen) atoms. The van der Waals surface area contributed by atoms with Crippen molar-refractivity contribution in [1.82, 2.24) is 19.5 Å². The average Bonchev–Trinajstić information content (AvgIpc) is 3.03. The van der Waals surface area contributed by atoms with E-state index in [0.717, 1.165) is 27.3 Å². The van der Waals surface area contributed by atoms with Crippen LogP contribution in [-0.2, 0) is 6.54 Å². The molecule has 1 N–H and O–H groups in total. The molecule has 0 aliphatic rings. The lowest BCUT2D eigenvalue weighted by molar-refractivity contribution is 0.516. The van der Waals surface area contributed by atoms with E-state index >= 15 is 0 Å². The predicted octanol–water partition coefficient (Wildman–Crippen LogP) is 5.51. The van der Waals surface area contributed by atoms with Crippen LogP contribution in [0.3, 0.4) is 0 Å². The number of aromatic amines is 1. The quantitative estimate of drug-likeness (QED) is 0.581. The Morgan fingerprint density at radius 2 is 1.71 bits per heavy atom. The number of H-pyrrole nitrogens is 1. The van der Waals surface area contributed by atoms with E-state index in [1.165, 1.54) is 0 Å². The minimum atomic E-state index is 0.672. The largest absolute Gasteiger partial charge is 0.339 e. The summed E-state index contributed by atoms with van der Waals surface area (Å²) in [5.41, 5.74) is 0. The molecule has 2 rings (SSSR count). The monoisotopic (exact) mass is 484 g/mol. The maximum Gasteiger partial charge on any atom is 0.177 e. The first-order valence-corrected chi connectivity index (χ1v) is 9.45. The second-order valence-electron chi connectivity index (χ2n) is 5.17. The van der Waals surface area contributed by atoms with E-state index in [2.05, 4.69) is 95.0 Å². The number of rotatable bonds is 3. The molecule has 0 saturated heterocycles. The number of nitrogens with zero attached hydrogens (tertiary/aromatic N) is 3. The molecule has 0 saturated carbocycles. The molecule has 0 unspecified atom stereocenters. The molecule has 120 valence electrons. The molecule has 2 heterocycles. The number of halogens is 3. The zero-order chi connectivity index (χ0) is 16.3. The first-order valence-electron chi connectivity index (χ1n) is 6.74. The van der Waals surface area contributed by atoms with E-state index in [1.54, 1.807) is 18.6 Å². The molecule has 0 spiro atoms. The van der Waals surface area contributed by atoms with Crippen LogP contribution in [0.15, 0.2) is 34.3 Å². The van der Waals surface area contributed by atoms with Crippen molar-refractivity contribution in [3.8, 4) is 0 Å². The Kier molecular flexibility index (Phi) is 12.3. The Balaban J connectivity index is 0.000000312. The van der Waals surface area contributed by atoms with Gasteiger partial charge in [-0.15, -0.1) is 0 Å². The van der Waals surface area contributed by atoms with Crippen LogP contribution < -0.4 is 0 Å². The lowest BCUT2D eigenvalue weighted by atomic mass is 10.2. The topological polar surface area (TPSA) is 46.5 Å². The molecule has 4 nitrogen and oxygen atoms in total. The first-order chi connectivity index (χ1) is 9.86. The summed E-state index contributed by atoms with van der Waals surface area (Å²) in [5.74, 6) is 1.47. The van der Waals surface area contributed by atoms with Crippen molar-refractivity contribution in [1.29, 1.82) is 0 Å². The second-order valence-corrected chi connectivity index (χ2v) is 7.28. The highest BCUT2D eigenvalue weighted by Gasteiger charge is 1.99. The van der Waals surface area contributed by atoms with Gasteiger partial charge in [0.2, 0.25) is 0 Å². The summed E-state index contributed by atoms with van der Waals surface area (Å²) >= 11 is 9.77. The van der Waals surface area contributed by atoms with Crippen molar-refractivity contribution in [3.63, 3.8) is 0 Å². The molecule has 2 aromatic rings. The average molecular weight is 487 g/mol. The normalized spacial score (nSPS) is 9.95. The Hall–Kier alpha value is -0.140. The van der Waals surface area contributed by atoms with Gasteiger partial charge in [0.05, 0.1) is 0 Å². The third-order valence-corrected chi connectivity index (χ3v) is 4.39. The summed E-state index contributed by atoms with van der Waals surface area (Å²) in [6, 6.07) is 0. The van der Waals surface area contributed by atoms with Gasteiger partial charge in [-0.25, -0.2) is 9.97 Å². The fourth-order valence-electron chi connectivity index (χ4n) is 1.09. The van der Waals surface area contributed by atoms with Crippen LogP contribution in [0.4, 0.5) is 0 Å². The van der Waals surface area contributed by atoms with E-state index in [0.29, 0.717) is 5.92 Å². The number of hydrogen-bond donors (Lipinski definition) is 1. The first kappa shape index (κ1) is 20.9. The Morgan fingerprint density at radius 1 is 1.10 bits per heavy atom. The van der Waals surface area contributed by atoms with Crippen molar-refractivity contribution in [2.45, 2.75) is 34.2 Å². The zero-order valence-electron chi connectivity index (χ0n) is 12.9. The van der Waals surface area contributed by atoms with Crippen molar-refractivity contribution in [3.05, 3.63) is 34.3 Å². The number of hydrogen-bond acceptors (Lipinski definition) is 2. The van der Waals surface area contributed by atoms with Crippen molar-refractivity contribution >= 4 is 47.8 Å². The molecular weight excluding hydrogens is 464 g/mol. The summed E-state index contributed by atoms with van der Waals surface area (Å²) in [7, 11) is 0. The number of aromatic nitrogens is 4. The van der Waals surface area contributed by atoms with Crippen molar-refractivity contribution in [2.24, 2.45) is 11.8 Å². The van der Waals surface area contributed by atoms with Gasteiger partial charge in [0, 0.05) is 36.7 Å². The lowest BCUT2D eigenvalue weighted by Gasteiger charge is -2.05. The molecule has 0 fully saturated rings. The van der Waals surface area contributed by atoms with E-state index in [9.17, 15) is 0 Å². The molecule has 0 atom stereocenters. The van der Waals surface area contributed by atoms with E-state index in [-0.39, 0.29) is 0 Å². The molecular formula is C14H23Br3N4. The highest BCUT2D eigenvalue weighted by atomic mass is 79.9. The van der Waals surface area contributed by atoms with Gasteiger partial charge in [0.15, 0.2) is 9.47 Å². The fraction of sp³-hybridized carbons (Fsp3) is 0.571. The zero-order valence-corrected chi connectivity index (χ0v) is 17.6. The molecule has 7 heteroatoms. The third-order valence-electron chi connectivity index (χ3n) is 2.00. The lowest BCUT2D eigenvalue weighted by Crippen LogP contribution is -2.02. The van der Waals surface area contributed by atoms with Crippen LogP contribution in [0.2, 0.25) is 0 Å². The maximum atomic E-state index is 4.05. The second kappa shape index (κ2) is 12.4. The fourth-order valence-corrected chi connectivity index (χ4v) is 1.72. The van der Waals surface area contributed by atoms with Gasteiger partial charge in [-0.1, -0.05) is 43.6 Å². The SMILES string of the molecule is Brc1ncc[nH]1.CC(C)CBr.CC(C)Cn1ccnc1Br. The van der Waals surface area contributed by atoms with Gasteiger partial charge < -0.3 is 9.55 Å². The highest BCUT2D eigenvalue weighted by Crippen LogP contribution is 2.08. The molecule has 0 aliphatic carbocycles. The standard InChI is InChI=1S/C7H11BrN2.C4H9Br.C3H3BrN2/c1-6(2)5-10-4-3-9-7(10)8;1-4(2)3-5;4-3-5-1-2-6-3/h3-4,6H,5H2,1-2H3;4H,3H2,1-2H3;1-2H,(H,5,6). The van der Waals surface area contributed by atoms with E-state index in [1.807, 2.05) is 6.20 Å². The number of nitrogens with one attached hydrogen (secondary N) is 1. The predicted molar refractivity (Wildman–Crippen MR) is 99.7 cm³/mol. The third kappa shape index (κ3) is 12.1. The molecule has 0 amide bonds. The van der Waals surface area contributed by atoms with Crippen LogP contribution in [0.1, 0.15) is 27.7 Å². The van der Waals surface area contributed by atoms with E-state index in [4.69, 9.17) is 0 Å². The highest BCUT2D eigenvalue weighted by molar-refractivity contribution is 9.10. The molecule has 2 aromatic heterocycles. The molecule has 0 bridgehead atoms. The smallest absolute Gasteiger partial charge is 0.177 e. The van der Waals surface area contributed by atoms with Crippen LogP contribution >= 0.6 is 47.8 Å².